The van der Waals surface area contributed by atoms with Gasteiger partial charge in [0.25, 0.3) is 0 Å². The van der Waals surface area contributed by atoms with Crippen LogP contribution in [0.4, 0.5) is 11.6 Å². The van der Waals surface area contributed by atoms with Crippen LogP contribution in [-0.4, -0.2) is 34.1 Å². The fraction of sp³-hybridized carbons (Fsp3) is 0.182. The van der Waals surface area contributed by atoms with Gasteiger partial charge in [-0.05, 0) is 43.7 Å². The minimum Gasteiger partial charge on any atom is -0.496 e. The fourth-order valence-electron chi connectivity index (χ4n) is 3.27. The zero-order valence-electron chi connectivity index (χ0n) is 17.2. The van der Waals surface area contributed by atoms with Crippen LogP contribution in [0.2, 0.25) is 0 Å². The van der Waals surface area contributed by atoms with Gasteiger partial charge in [0.15, 0.2) is 0 Å². The number of nitrogens with zero attached hydrogens (tertiary/aromatic N) is 4. The lowest BCUT2D eigenvalue weighted by Crippen LogP contribution is -2.02. The summed E-state index contributed by atoms with van der Waals surface area (Å²) in [6, 6.07) is 11.3. The zero-order chi connectivity index (χ0) is 21.3. The average Bonchev–Trinajstić information content (AvgIpc) is 2.76. The third kappa shape index (κ3) is 3.43. The van der Waals surface area contributed by atoms with E-state index in [4.69, 9.17) is 20.2 Å². The Morgan fingerprint density at radius 3 is 2.60 bits per heavy atom. The number of benzene rings is 1. The fourth-order valence-corrected chi connectivity index (χ4v) is 3.27. The van der Waals surface area contributed by atoms with Gasteiger partial charge in [0, 0.05) is 12.6 Å². The number of methoxy groups -OCH3 is 1. The second-order valence-corrected chi connectivity index (χ2v) is 6.76. The van der Waals surface area contributed by atoms with Crippen molar-refractivity contribution in [3.05, 3.63) is 53.9 Å². The molecular weight excluding hydrogens is 380 g/mol. The number of anilines is 2. The predicted octanol–water partition coefficient (Wildman–Crippen LogP) is 4.13. The molecule has 0 unspecified atom stereocenters. The maximum Gasteiger partial charge on any atom is 0.233 e. The smallest absolute Gasteiger partial charge is 0.233 e. The van der Waals surface area contributed by atoms with Gasteiger partial charge >= 0.3 is 0 Å². The first kappa shape index (κ1) is 19.4. The number of hydrogen-bond donors (Lipinski definition) is 2. The molecule has 3 N–H and O–H groups in total. The van der Waals surface area contributed by atoms with Crippen LogP contribution in [0, 0.1) is 13.8 Å². The molecule has 1 aromatic carbocycles. The molecule has 0 saturated carbocycles. The van der Waals surface area contributed by atoms with Crippen LogP contribution < -0.4 is 20.5 Å². The molecule has 3 aromatic heterocycles. The molecule has 4 rings (SSSR count). The van der Waals surface area contributed by atoms with Gasteiger partial charge in [-0.25, -0.2) is 19.9 Å². The van der Waals surface area contributed by atoms with Gasteiger partial charge in [-0.1, -0.05) is 12.1 Å². The topological polar surface area (TPSA) is 108 Å². The first-order valence-electron chi connectivity index (χ1n) is 9.40. The Hall–Kier alpha value is -3.94. The summed E-state index contributed by atoms with van der Waals surface area (Å²) in [6.45, 7) is 3.90. The predicted molar refractivity (Wildman–Crippen MR) is 117 cm³/mol. The average molecular weight is 402 g/mol. The maximum atomic E-state index is 6.30. The summed E-state index contributed by atoms with van der Waals surface area (Å²) < 4.78 is 11.7. The van der Waals surface area contributed by atoms with Gasteiger partial charge in [-0.2, -0.15) is 0 Å². The third-order valence-electron chi connectivity index (χ3n) is 4.85. The lowest BCUT2D eigenvalue weighted by atomic mass is 10.1. The Bertz CT molecular complexity index is 1240. The molecule has 0 amide bonds. The lowest BCUT2D eigenvalue weighted by Gasteiger charge is -2.16. The molecule has 0 radical (unpaired) electrons. The summed E-state index contributed by atoms with van der Waals surface area (Å²) in [5.74, 6) is 2.73. The van der Waals surface area contributed by atoms with E-state index in [1.165, 1.54) is 6.33 Å². The molecule has 0 fully saturated rings. The van der Waals surface area contributed by atoms with Crippen molar-refractivity contribution in [3.8, 4) is 28.8 Å². The van der Waals surface area contributed by atoms with Crippen LogP contribution in [-0.2, 0) is 0 Å². The SMILES string of the molecule is CNc1cccc(-c2cc3ncnc(N)c3c(Oc3c(C)ccc(OC)c3C)n2)n1. The maximum absolute atomic E-state index is 6.30. The molecule has 8 heteroatoms. The number of pyridine rings is 2. The standard InChI is InChI=1S/C22H22N6O2/c1-12-8-9-17(29-4)13(2)20(12)30-22-19-16(25-11-26-21(19)23)10-15(28-22)14-6-5-7-18(24-3)27-14/h5-11H,1-4H3,(H,24,27)(H2,23,25,26). The molecular formula is C22H22N6O2. The molecule has 4 aromatic rings. The van der Waals surface area contributed by atoms with E-state index in [9.17, 15) is 0 Å². The second kappa shape index (κ2) is 7.82. The Kier molecular flexibility index (Phi) is 5.05. The molecule has 3 heterocycles. The number of fused-ring (bicyclic) bond motifs is 1. The van der Waals surface area contributed by atoms with E-state index in [0.29, 0.717) is 39.7 Å². The van der Waals surface area contributed by atoms with E-state index in [1.54, 1.807) is 7.11 Å². The van der Waals surface area contributed by atoms with E-state index in [0.717, 1.165) is 22.7 Å². The minimum atomic E-state index is 0.296. The molecule has 0 spiro atoms. The highest BCUT2D eigenvalue weighted by Crippen LogP contribution is 2.38. The molecule has 0 saturated heterocycles. The molecule has 0 aliphatic heterocycles. The third-order valence-corrected chi connectivity index (χ3v) is 4.85. The molecule has 0 aliphatic rings. The van der Waals surface area contributed by atoms with Gasteiger partial charge < -0.3 is 20.5 Å². The van der Waals surface area contributed by atoms with E-state index in [1.807, 2.05) is 57.3 Å². The van der Waals surface area contributed by atoms with Crippen LogP contribution in [0.25, 0.3) is 22.3 Å². The van der Waals surface area contributed by atoms with E-state index in [-0.39, 0.29) is 0 Å². The lowest BCUT2D eigenvalue weighted by molar-refractivity contribution is 0.402. The Morgan fingerprint density at radius 1 is 1.00 bits per heavy atom. The van der Waals surface area contributed by atoms with E-state index in [2.05, 4.69) is 20.3 Å². The Labute approximate surface area is 174 Å². The first-order valence-corrected chi connectivity index (χ1v) is 9.40. The highest BCUT2D eigenvalue weighted by atomic mass is 16.5. The van der Waals surface area contributed by atoms with Gasteiger partial charge in [0.2, 0.25) is 5.88 Å². The summed E-state index contributed by atoms with van der Waals surface area (Å²) in [6.07, 6.45) is 1.42. The van der Waals surface area contributed by atoms with E-state index < -0.39 is 0 Å². The molecule has 8 nitrogen and oxygen atoms in total. The molecule has 0 aliphatic carbocycles. The molecule has 0 atom stereocenters. The van der Waals surface area contributed by atoms with Crippen molar-refractivity contribution in [1.82, 2.24) is 19.9 Å². The molecule has 152 valence electrons. The number of nitrogen functional groups attached to an aromatic ring is 1. The quantitative estimate of drug-likeness (QED) is 0.513. The summed E-state index contributed by atoms with van der Waals surface area (Å²) in [4.78, 5) is 17.8. The Morgan fingerprint density at radius 2 is 1.83 bits per heavy atom. The monoisotopic (exact) mass is 402 g/mol. The highest BCUT2D eigenvalue weighted by Gasteiger charge is 2.18. The number of hydrogen-bond acceptors (Lipinski definition) is 8. The normalized spacial score (nSPS) is 10.8. The summed E-state index contributed by atoms with van der Waals surface area (Å²) in [5.41, 5.74) is 9.89. The summed E-state index contributed by atoms with van der Waals surface area (Å²) in [7, 11) is 3.44. The van der Waals surface area contributed by atoms with Gasteiger partial charge in [0.1, 0.15) is 34.8 Å². The number of rotatable bonds is 5. The van der Waals surface area contributed by atoms with Crippen LogP contribution in [0.1, 0.15) is 11.1 Å². The largest absolute Gasteiger partial charge is 0.496 e. The number of aryl methyl sites for hydroxylation is 1. The summed E-state index contributed by atoms with van der Waals surface area (Å²) >= 11 is 0. The number of ether oxygens (including phenoxy) is 2. The summed E-state index contributed by atoms with van der Waals surface area (Å²) in [5, 5.41) is 3.58. The van der Waals surface area contributed by atoms with Crippen LogP contribution in [0.15, 0.2) is 42.7 Å². The van der Waals surface area contributed by atoms with Crippen molar-refractivity contribution in [3.63, 3.8) is 0 Å². The van der Waals surface area contributed by atoms with Crippen molar-refractivity contribution < 1.29 is 9.47 Å². The van der Waals surface area contributed by atoms with Crippen molar-refractivity contribution >= 4 is 22.5 Å². The van der Waals surface area contributed by atoms with Crippen molar-refractivity contribution in [2.24, 2.45) is 0 Å². The van der Waals surface area contributed by atoms with Crippen molar-refractivity contribution in [2.45, 2.75) is 13.8 Å². The van der Waals surface area contributed by atoms with E-state index >= 15 is 0 Å². The van der Waals surface area contributed by atoms with Gasteiger partial charge in [0.05, 0.1) is 24.0 Å². The van der Waals surface area contributed by atoms with Crippen LogP contribution in [0.5, 0.6) is 17.4 Å². The zero-order valence-corrected chi connectivity index (χ0v) is 17.2. The van der Waals surface area contributed by atoms with Crippen LogP contribution >= 0.6 is 0 Å². The van der Waals surface area contributed by atoms with Crippen molar-refractivity contribution in [1.29, 1.82) is 0 Å². The highest BCUT2D eigenvalue weighted by molar-refractivity contribution is 5.94. The number of nitrogens with two attached hydrogens (primary N) is 1. The second-order valence-electron chi connectivity index (χ2n) is 6.76. The Balaban J connectivity index is 1.93. The van der Waals surface area contributed by atoms with Crippen molar-refractivity contribution in [2.75, 3.05) is 25.2 Å². The minimum absolute atomic E-state index is 0.296. The number of aromatic nitrogens is 4. The first-order chi connectivity index (χ1) is 14.5. The van der Waals surface area contributed by atoms with Gasteiger partial charge in [-0.3, -0.25) is 0 Å². The molecule has 0 bridgehead atoms. The van der Waals surface area contributed by atoms with Crippen LogP contribution in [0.3, 0.4) is 0 Å². The van der Waals surface area contributed by atoms with Gasteiger partial charge in [-0.15, -0.1) is 0 Å². The molecule has 30 heavy (non-hydrogen) atoms. The number of nitrogens with one attached hydrogen (secondary N) is 1.